The van der Waals surface area contributed by atoms with Crippen molar-refractivity contribution in [2.24, 2.45) is 5.41 Å². The van der Waals surface area contributed by atoms with Crippen LogP contribution >= 0.6 is 11.3 Å². The third kappa shape index (κ3) is 4.45. The van der Waals surface area contributed by atoms with E-state index in [2.05, 4.69) is 98.0 Å². The van der Waals surface area contributed by atoms with E-state index in [-0.39, 0.29) is 11.8 Å². The highest BCUT2D eigenvalue weighted by Gasteiger charge is 2.44. The number of carbonyl (C=O) groups excluding carboxylic acids is 1. The zero-order valence-corrected chi connectivity index (χ0v) is 21.5. The van der Waals surface area contributed by atoms with Crippen molar-refractivity contribution in [2.75, 3.05) is 5.32 Å². The number of carbonyl (C=O) groups is 1. The molecular formula is C32H30N2OS. The lowest BCUT2D eigenvalue weighted by Gasteiger charge is -2.39. The molecular weight excluding hydrogens is 460 g/mol. The van der Waals surface area contributed by atoms with Gasteiger partial charge in [-0.05, 0) is 34.7 Å². The molecule has 4 heteroatoms. The van der Waals surface area contributed by atoms with Crippen LogP contribution < -0.4 is 5.32 Å². The first-order valence-electron chi connectivity index (χ1n) is 12.5. The maximum absolute atomic E-state index is 14.1. The highest BCUT2D eigenvalue weighted by Crippen LogP contribution is 2.47. The van der Waals surface area contributed by atoms with E-state index in [1.165, 1.54) is 16.7 Å². The Balaban J connectivity index is 1.50. The molecule has 0 saturated heterocycles. The summed E-state index contributed by atoms with van der Waals surface area (Å²) in [7, 11) is 0. The van der Waals surface area contributed by atoms with Crippen LogP contribution in [0.3, 0.4) is 0 Å². The Morgan fingerprint density at radius 3 is 2.03 bits per heavy atom. The molecule has 1 aromatic heterocycles. The minimum atomic E-state index is -0.617. The van der Waals surface area contributed by atoms with Crippen molar-refractivity contribution in [1.29, 1.82) is 0 Å². The summed E-state index contributed by atoms with van der Waals surface area (Å²) in [6, 6.07) is 35.4. The van der Waals surface area contributed by atoms with Gasteiger partial charge in [-0.15, -0.1) is 11.3 Å². The molecule has 1 N–H and O–H groups in total. The lowest BCUT2D eigenvalue weighted by atomic mass is 9.65. The largest absolute Gasteiger partial charge is 0.301 e. The van der Waals surface area contributed by atoms with Gasteiger partial charge in [0, 0.05) is 16.9 Å². The van der Waals surface area contributed by atoms with Crippen molar-refractivity contribution in [3.8, 4) is 11.3 Å². The van der Waals surface area contributed by atoms with E-state index in [1.54, 1.807) is 0 Å². The van der Waals surface area contributed by atoms with E-state index in [4.69, 9.17) is 4.98 Å². The normalized spacial score (nSPS) is 11.6. The number of nitrogens with zero attached hydrogens (tertiary/aromatic N) is 1. The van der Waals surface area contributed by atoms with Crippen LogP contribution in [-0.4, -0.2) is 10.9 Å². The molecule has 0 aliphatic rings. The summed E-state index contributed by atoms with van der Waals surface area (Å²) < 4.78 is 0. The molecule has 5 aromatic rings. The molecule has 0 radical (unpaired) electrons. The number of hydrogen-bond acceptors (Lipinski definition) is 3. The molecule has 1 heterocycles. The Morgan fingerprint density at radius 2 is 1.39 bits per heavy atom. The van der Waals surface area contributed by atoms with E-state index in [1.807, 2.05) is 29.6 Å². The molecule has 1 amide bonds. The summed E-state index contributed by atoms with van der Waals surface area (Å²) in [6.07, 6.45) is 1.43. The van der Waals surface area contributed by atoms with E-state index in [0.717, 1.165) is 27.8 Å². The average Bonchev–Trinajstić information content (AvgIpc) is 3.40. The number of nitrogens with one attached hydrogen (secondary N) is 1. The smallest absolute Gasteiger partial charge is 0.233 e. The monoisotopic (exact) mass is 490 g/mol. The molecule has 3 nitrogen and oxygen atoms in total. The fourth-order valence-corrected chi connectivity index (χ4v) is 6.06. The Morgan fingerprint density at radius 1 is 0.806 bits per heavy atom. The Hall–Kier alpha value is -3.76. The van der Waals surface area contributed by atoms with Crippen LogP contribution in [0.4, 0.5) is 5.13 Å². The molecule has 0 fully saturated rings. The zero-order chi connectivity index (χ0) is 25.0. The summed E-state index contributed by atoms with van der Waals surface area (Å²) in [5.74, 6) is -0.0450. The molecule has 0 aliphatic carbocycles. The fraction of sp³-hybridized carbons (Fsp3) is 0.188. The molecule has 0 unspecified atom stereocenters. The molecule has 36 heavy (non-hydrogen) atoms. The van der Waals surface area contributed by atoms with E-state index in [9.17, 15) is 4.79 Å². The van der Waals surface area contributed by atoms with Gasteiger partial charge in [-0.1, -0.05) is 117 Å². The van der Waals surface area contributed by atoms with Gasteiger partial charge >= 0.3 is 0 Å². The van der Waals surface area contributed by atoms with Crippen LogP contribution in [0, 0.1) is 5.41 Å². The molecule has 0 bridgehead atoms. The minimum absolute atomic E-state index is 0.0176. The highest BCUT2D eigenvalue weighted by atomic mass is 32.1. The average molecular weight is 491 g/mol. The van der Waals surface area contributed by atoms with Gasteiger partial charge < -0.3 is 5.32 Å². The zero-order valence-electron chi connectivity index (χ0n) is 20.6. The van der Waals surface area contributed by atoms with E-state index < -0.39 is 5.41 Å². The summed E-state index contributed by atoms with van der Waals surface area (Å²) >= 11 is 1.48. The van der Waals surface area contributed by atoms with Gasteiger partial charge in [-0.3, -0.25) is 4.79 Å². The van der Waals surface area contributed by atoms with Crippen LogP contribution in [0.5, 0.6) is 0 Å². The quantitative estimate of drug-likeness (QED) is 0.237. The number of amides is 1. The molecule has 180 valence electrons. The number of hydrogen-bond donors (Lipinski definition) is 1. The van der Waals surface area contributed by atoms with Crippen molar-refractivity contribution >= 4 is 33.1 Å². The molecule has 0 aliphatic heterocycles. The van der Waals surface area contributed by atoms with Crippen LogP contribution in [0.25, 0.3) is 22.0 Å². The molecule has 0 saturated carbocycles. The number of anilines is 1. The first kappa shape index (κ1) is 24.0. The van der Waals surface area contributed by atoms with Gasteiger partial charge in [0.2, 0.25) is 5.91 Å². The van der Waals surface area contributed by atoms with Crippen LogP contribution in [0.2, 0.25) is 0 Å². The number of thiazole rings is 1. The second-order valence-corrected chi connectivity index (χ2v) is 9.99. The van der Waals surface area contributed by atoms with Crippen molar-refractivity contribution in [3.05, 3.63) is 120 Å². The summed E-state index contributed by atoms with van der Waals surface area (Å²) in [6.45, 7) is 4.23. The Bertz CT molecular complexity index is 1410. The second-order valence-electron chi connectivity index (χ2n) is 9.14. The second kappa shape index (κ2) is 10.5. The van der Waals surface area contributed by atoms with Crippen molar-refractivity contribution < 1.29 is 4.79 Å². The van der Waals surface area contributed by atoms with Gasteiger partial charge in [0.15, 0.2) is 5.13 Å². The maximum atomic E-state index is 14.1. The molecule has 0 atom stereocenters. The van der Waals surface area contributed by atoms with E-state index in [0.29, 0.717) is 18.0 Å². The summed E-state index contributed by atoms with van der Waals surface area (Å²) in [5, 5.41) is 8.21. The highest BCUT2D eigenvalue weighted by molar-refractivity contribution is 7.14. The standard InChI is InChI=1S/C32H30N2OS/c1-3-32(4-2,29(24-15-7-5-8-16-24)25-17-9-6-10-18-25)30(35)34-31-33-28(22-36-31)27-21-13-19-23-14-11-12-20-26(23)27/h5-22,29H,3-4H2,1-2H3,(H,33,34,35). The van der Waals surface area contributed by atoms with Crippen molar-refractivity contribution in [3.63, 3.8) is 0 Å². The number of fused-ring (bicyclic) bond motifs is 1. The topological polar surface area (TPSA) is 42.0 Å². The molecule has 4 aromatic carbocycles. The predicted octanol–water partition coefficient (Wildman–Crippen LogP) is 8.54. The maximum Gasteiger partial charge on any atom is 0.233 e. The SMILES string of the molecule is CCC(CC)(C(=O)Nc1nc(-c2cccc3ccccc23)cs1)C(c1ccccc1)c1ccccc1. The van der Waals surface area contributed by atoms with Crippen LogP contribution in [0.1, 0.15) is 43.7 Å². The van der Waals surface area contributed by atoms with Gasteiger partial charge in [-0.25, -0.2) is 4.98 Å². The minimum Gasteiger partial charge on any atom is -0.301 e. The summed E-state index contributed by atoms with van der Waals surface area (Å²) in [5.41, 5.74) is 3.65. The van der Waals surface area contributed by atoms with Gasteiger partial charge in [0.05, 0.1) is 11.1 Å². The predicted molar refractivity (Wildman–Crippen MR) is 151 cm³/mol. The fourth-order valence-electron chi connectivity index (χ4n) is 5.36. The van der Waals surface area contributed by atoms with E-state index >= 15 is 0 Å². The number of rotatable bonds is 8. The van der Waals surface area contributed by atoms with Gasteiger partial charge in [-0.2, -0.15) is 0 Å². The first-order valence-corrected chi connectivity index (χ1v) is 13.4. The van der Waals surface area contributed by atoms with Crippen LogP contribution in [0.15, 0.2) is 109 Å². The summed E-state index contributed by atoms with van der Waals surface area (Å²) in [4.78, 5) is 18.9. The lowest BCUT2D eigenvalue weighted by molar-refractivity contribution is -0.127. The molecule has 0 spiro atoms. The lowest BCUT2D eigenvalue weighted by Crippen LogP contribution is -2.41. The van der Waals surface area contributed by atoms with Crippen molar-refractivity contribution in [1.82, 2.24) is 4.98 Å². The van der Waals surface area contributed by atoms with Gasteiger partial charge in [0.1, 0.15) is 0 Å². The Kier molecular flexibility index (Phi) is 6.97. The number of aromatic nitrogens is 1. The third-order valence-corrected chi connectivity index (χ3v) is 8.08. The Labute approximate surface area is 216 Å². The first-order chi connectivity index (χ1) is 17.7. The molecule has 5 rings (SSSR count). The van der Waals surface area contributed by atoms with Crippen molar-refractivity contribution in [2.45, 2.75) is 32.6 Å². The third-order valence-electron chi connectivity index (χ3n) is 7.32. The number of benzene rings is 4. The van der Waals surface area contributed by atoms with Gasteiger partial charge in [0.25, 0.3) is 0 Å². The van der Waals surface area contributed by atoms with Crippen LogP contribution in [-0.2, 0) is 4.79 Å².